The number of methoxy groups -OCH3 is 1. The molecular formula is C22H22N2O3. The Bertz CT molecular complexity index is 1040. The number of aromatic nitrogens is 1. The lowest BCUT2D eigenvalue weighted by molar-refractivity contribution is -0.116. The molecule has 0 saturated carbocycles. The molecule has 0 fully saturated rings. The van der Waals surface area contributed by atoms with Crippen LogP contribution >= 0.6 is 0 Å². The zero-order chi connectivity index (χ0) is 19.2. The summed E-state index contributed by atoms with van der Waals surface area (Å²) < 4.78 is 5.17. The van der Waals surface area contributed by atoms with Crippen molar-refractivity contribution in [3.8, 4) is 5.75 Å². The van der Waals surface area contributed by atoms with Crippen LogP contribution in [0.15, 0.2) is 65.5 Å². The van der Waals surface area contributed by atoms with Gasteiger partial charge in [-0.25, -0.2) is 0 Å². The van der Waals surface area contributed by atoms with Crippen molar-refractivity contribution in [1.29, 1.82) is 0 Å². The number of aromatic amines is 1. The minimum absolute atomic E-state index is 0.152. The summed E-state index contributed by atoms with van der Waals surface area (Å²) in [7, 11) is 1.59. The molecule has 27 heavy (non-hydrogen) atoms. The number of nitrogens with one attached hydrogen (secondary N) is 2. The Morgan fingerprint density at radius 1 is 1.15 bits per heavy atom. The molecule has 5 heteroatoms. The predicted octanol–water partition coefficient (Wildman–Crippen LogP) is 3.30. The van der Waals surface area contributed by atoms with E-state index in [1.54, 1.807) is 19.3 Å². The molecule has 0 unspecified atom stereocenters. The Morgan fingerprint density at radius 3 is 2.67 bits per heavy atom. The number of ether oxygens (including phenoxy) is 1. The van der Waals surface area contributed by atoms with Crippen LogP contribution in [0.25, 0.3) is 16.5 Å². The first kappa shape index (κ1) is 18.5. The fourth-order valence-corrected chi connectivity index (χ4v) is 2.89. The Morgan fingerprint density at radius 2 is 1.93 bits per heavy atom. The number of benzene rings is 2. The third-order valence-corrected chi connectivity index (χ3v) is 4.40. The van der Waals surface area contributed by atoms with Crippen LogP contribution in [0.4, 0.5) is 0 Å². The van der Waals surface area contributed by atoms with Gasteiger partial charge < -0.3 is 15.0 Å². The topological polar surface area (TPSA) is 71.2 Å². The van der Waals surface area contributed by atoms with Crippen LogP contribution in [-0.4, -0.2) is 24.5 Å². The molecule has 0 aliphatic rings. The molecule has 2 aromatic carbocycles. The summed E-state index contributed by atoms with van der Waals surface area (Å²) in [6.45, 7) is 2.29. The predicted molar refractivity (Wildman–Crippen MR) is 108 cm³/mol. The molecule has 1 amide bonds. The van der Waals surface area contributed by atoms with Crippen LogP contribution in [0, 0.1) is 0 Å². The summed E-state index contributed by atoms with van der Waals surface area (Å²) in [5.74, 6) is 0.525. The zero-order valence-electron chi connectivity index (χ0n) is 15.4. The summed E-state index contributed by atoms with van der Waals surface area (Å²) in [4.78, 5) is 27.2. The van der Waals surface area contributed by atoms with Crippen molar-refractivity contribution in [2.75, 3.05) is 13.7 Å². The molecule has 0 saturated heterocycles. The van der Waals surface area contributed by atoms with Gasteiger partial charge in [-0.1, -0.05) is 30.3 Å². The lowest BCUT2D eigenvalue weighted by atomic mass is 10.1. The minimum atomic E-state index is -0.168. The van der Waals surface area contributed by atoms with Gasteiger partial charge in [-0.3, -0.25) is 9.59 Å². The average Bonchev–Trinajstić information content (AvgIpc) is 2.68. The van der Waals surface area contributed by atoms with E-state index in [4.69, 9.17) is 4.74 Å². The highest BCUT2D eigenvalue weighted by atomic mass is 16.5. The van der Waals surface area contributed by atoms with Crippen molar-refractivity contribution < 1.29 is 9.53 Å². The van der Waals surface area contributed by atoms with Crippen molar-refractivity contribution in [3.05, 3.63) is 82.2 Å². The number of hydrogen-bond acceptors (Lipinski definition) is 3. The van der Waals surface area contributed by atoms with Gasteiger partial charge in [0.15, 0.2) is 0 Å². The number of H-pyrrole nitrogens is 1. The molecule has 1 aromatic heterocycles. The van der Waals surface area contributed by atoms with E-state index in [0.717, 1.165) is 22.0 Å². The van der Waals surface area contributed by atoms with Gasteiger partial charge >= 0.3 is 0 Å². The van der Waals surface area contributed by atoms with E-state index in [9.17, 15) is 9.59 Å². The summed E-state index contributed by atoms with van der Waals surface area (Å²) in [5.41, 5.74) is 3.12. The third kappa shape index (κ3) is 4.64. The van der Waals surface area contributed by atoms with E-state index in [0.29, 0.717) is 24.3 Å². The van der Waals surface area contributed by atoms with Gasteiger partial charge in [0.05, 0.1) is 12.6 Å². The molecule has 0 aliphatic heterocycles. The maximum absolute atomic E-state index is 12.3. The number of carbonyl (C=O) groups excluding carboxylic acids is 1. The fraction of sp³-hybridized carbons (Fsp3) is 0.182. The molecule has 5 nitrogen and oxygen atoms in total. The molecule has 0 radical (unpaired) electrons. The van der Waals surface area contributed by atoms with Crippen LogP contribution in [-0.2, 0) is 11.2 Å². The lowest BCUT2D eigenvalue weighted by Gasteiger charge is -2.06. The molecule has 0 atom stereocenters. The Labute approximate surface area is 157 Å². The first-order valence-corrected chi connectivity index (χ1v) is 8.78. The second-order valence-corrected chi connectivity index (χ2v) is 6.31. The summed E-state index contributed by atoms with van der Waals surface area (Å²) >= 11 is 0. The molecule has 3 rings (SSSR count). The van der Waals surface area contributed by atoms with E-state index < -0.39 is 0 Å². The minimum Gasteiger partial charge on any atom is -0.497 e. The van der Waals surface area contributed by atoms with Gasteiger partial charge in [-0.2, -0.15) is 0 Å². The first-order chi connectivity index (χ1) is 13.1. The van der Waals surface area contributed by atoms with Crippen LogP contribution in [0.2, 0.25) is 0 Å². The highest BCUT2D eigenvalue weighted by molar-refractivity contribution is 5.94. The van der Waals surface area contributed by atoms with Crippen molar-refractivity contribution in [1.82, 2.24) is 10.3 Å². The molecule has 138 valence electrons. The first-order valence-electron chi connectivity index (χ1n) is 8.78. The Kier molecular flexibility index (Phi) is 5.71. The number of amides is 1. The van der Waals surface area contributed by atoms with Crippen molar-refractivity contribution in [3.63, 3.8) is 0 Å². The monoisotopic (exact) mass is 362 g/mol. The maximum atomic E-state index is 12.3. The highest BCUT2D eigenvalue weighted by Crippen LogP contribution is 2.18. The van der Waals surface area contributed by atoms with Crippen molar-refractivity contribution in [2.45, 2.75) is 13.3 Å². The Hall–Kier alpha value is -3.34. The van der Waals surface area contributed by atoms with E-state index in [2.05, 4.69) is 10.3 Å². The van der Waals surface area contributed by atoms with E-state index in [-0.39, 0.29) is 11.5 Å². The van der Waals surface area contributed by atoms with Gasteiger partial charge in [0.2, 0.25) is 5.91 Å². The molecule has 3 aromatic rings. The summed E-state index contributed by atoms with van der Waals surface area (Å²) in [5, 5.41) is 3.76. The largest absolute Gasteiger partial charge is 0.497 e. The molecule has 1 heterocycles. The lowest BCUT2D eigenvalue weighted by Crippen LogP contribution is -2.26. The molecule has 0 aliphatic carbocycles. The number of pyridine rings is 1. The van der Waals surface area contributed by atoms with Gasteiger partial charge in [-0.15, -0.1) is 0 Å². The highest BCUT2D eigenvalue weighted by Gasteiger charge is 2.06. The molecule has 0 bridgehead atoms. The summed E-state index contributed by atoms with van der Waals surface area (Å²) in [6, 6.07) is 17.1. The Balaban J connectivity index is 1.64. The third-order valence-electron chi connectivity index (χ3n) is 4.40. The second kappa shape index (κ2) is 8.36. The van der Waals surface area contributed by atoms with E-state index in [1.165, 1.54) is 0 Å². The van der Waals surface area contributed by atoms with E-state index >= 15 is 0 Å². The van der Waals surface area contributed by atoms with Crippen molar-refractivity contribution >= 4 is 22.4 Å². The smallest absolute Gasteiger partial charge is 0.251 e. The van der Waals surface area contributed by atoms with Gasteiger partial charge in [-0.05, 0) is 48.1 Å². The van der Waals surface area contributed by atoms with Crippen molar-refractivity contribution in [2.24, 2.45) is 0 Å². The molecule has 2 N–H and O–H groups in total. The quantitative estimate of drug-likeness (QED) is 0.661. The number of fused-ring (bicyclic) bond motifs is 1. The van der Waals surface area contributed by atoms with Gasteiger partial charge in [0.1, 0.15) is 5.75 Å². The number of rotatable bonds is 6. The van der Waals surface area contributed by atoms with Crippen LogP contribution < -0.4 is 15.6 Å². The van der Waals surface area contributed by atoms with Crippen LogP contribution in [0.5, 0.6) is 5.75 Å². The molecule has 0 spiro atoms. The van der Waals surface area contributed by atoms with Crippen LogP contribution in [0.3, 0.4) is 0 Å². The van der Waals surface area contributed by atoms with Crippen LogP contribution in [0.1, 0.15) is 18.1 Å². The summed E-state index contributed by atoms with van der Waals surface area (Å²) in [6.07, 6.45) is 2.04. The second-order valence-electron chi connectivity index (χ2n) is 6.31. The van der Waals surface area contributed by atoms with E-state index in [1.807, 2.05) is 55.5 Å². The maximum Gasteiger partial charge on any atom is 0.251 e. The fourth-order valence-electron chi connectivity index (χ4n) is 2.89. The zero-order valence-corrected chi connectivity index (χ0v) is 15.4. The standard InChI is InChI=1S/C22H22N2O3/c1-15(16-6-4-3-5-7-16)12-21(25)23-11-10-18-13-17-8-9-19(27-2)14-20(17)24-22(18)26/h3-9,12-14H,10-11H2,1-2H3,(H,23,25)(H,24,26)/b15-12+. The number of allylic oxidation sites excluding steroid dienone is 1. The number of hydrogen-bond donors (Lipinski definition) is 2. The number of carbonyl (C=O) groups is 1. The SMILES string of the molecule is COc1ccc2cc(CCNC(=O)/C=C(\C)c3ccccc3)c(=O)[nH]c2c1. The normalized spacial score (nSPS) is 11.4. The average molecular weight is 362 g/mol. The van der Waals surface area contributed by atoms with Gasteiger partial charge in [0.25, 0.3) is 5.56 Å². The molecular weight excluding hydrogens is 340 g/mol. The van der Waals surface area contributed by atoms with Gasteiger partial charge in [0, 0.05) is 24.3 Å².